The van der Waals surface area contributed by atoms with Gasteiger partial charge in [-0.1, -0.05) is 98.5 Å². The van der Waals surface area contributed by atoms with Gasteiger partial charge < -0.3 is 9.13 Å². The number of benzene rings is 4. The van der Waals surface area contributed by atoms with Gasteiger partial charge in [-0.25, -0.2) is 0 Å². The van der Waals surface area contributed by atoms with Crippen molar-refractivity contribution < 1.29 is 0 Å². The number of allylic oxidation sites excluding steroid dienone is 8. The van der Waals surface area contributed by atoms with Gasteiger partial charge >= 0.3 is 0 Å². The van der Waals surface area contributed by atoms with Crippen LogP contribution < -0.4 is 0 Å². The molecule has 5 nitrogen and oxygen atoms in total. The molecule has 53 heavy (non-hydrogen) atoms. The van der Waals surface area contributed by atoms with Crippen LogP contribution in [0, 0.1) is 39.9 Å². The van der Waals surface area contributed by atoms with E-state index in [4.69, 9.17) is 0 Å². The van der Waals surface area contributed by atoms with Gasteiger partial charge in [0.2, 0.25) is 0 Å². The topological polar surface area (TPSA) is 81.2 Å². The van der Waals surface area contributed by atoms with Crippen molar-refractivity contribution in [2.45, 2.75) is 26.7 Å². The molecule has 0 fully saturated rings. The van der Waals surface area contributed by atoms with E-state index in [1.165, 1.54) is 0 Å². The molecule has 4 aromatic carbocycles. The summed E-state index contributed by atoms with van der Waals surface area (Å²) in [5.74, 6) is 0.296. The third-order valence-electron chi connectivity index (χ3n) is 10.3. The summed E-state index contributed by atoms with van der Waals surface area (Å²) in [6.07, 6.45) is 15.8. The molecule has 0 radical (unpaired) electrons. The maximum absolute atomic E-state index is 10.7. The van der Waals surface area contributed by atoms with Crippen LogP contribution in [0.2, 0.25) is 0 Å². The largest absolute Gasteiger partial charge is 0.311 e. The summed E-state index contributed by atoms with van der Waals surface area (Å²) in [6, 6.07) is 38.3. The summed E-state index contributed by atoms with van der Waals surface area (Å²) in [7, 11) is 0. The predicted octanol–water partition coefficient (Wildman–Crippen LogP) is 11.7. The fourth-order valence-corrected chi connectivity index (χ4v) is 7.91. The molecular weight excluding hydrogens is 647 g/mol. The number of rotatable bonds is 6. The number of hydrogen-bond acceptors (Lipinski definition) is 3. The van der Waals surface area contributed by atoms with Gasteiger partial charge in [0.15, 0.2) is 0 Å². The number of nitriles is 3. The van der Waals surface area contributed by atoms with E-state index in [2.05, 4.69) is 126 Å². The Morgan fingerprint density at radius 3 is 2.42 bits per heavy atom. The molecular formula is C48H35N5. The Bertz CT molecular complexity index is 2800. The fourth-order valence-electron chi connectivity index (χ4n) is 7.91. The monoisotopic (exact) mass is 681 g/mol. The first-order valence-electron chi connectivity index (χ1n) is 17.8. The van der Waals surface area contributed by atoms with Crippen LogP contribution in [0.4, 0.5) is 0 Å². The van der Waals surface area contributed by atoms with Crippen molar-refractivity contribution in [3.05, 3.63) is 167 Å². The molecule has 2 aliphatic rings. The molecule has 1 atom stereocenters. The highest BCUT2D eigenvalue weighted by atomic mass is 15.0. The van der Waals surface area contributed by atoms with Gasteiger partial charge in [-0.2, -0.15) is 15.8 Å². The first kappa shape index (κ1) is 33.0. The van der Waals surface area contributed by atoms with Crippen molar-refractivity contribution in [1.29, 1.82) is 15.8 Å². The SMILES string of the molecule is C=Cc1c(/C=C(\C)C#N)c2c(n1C1=C(c3ccccc3-c3cccc(-n4c5ccccc5c5cc(C#N)ccc54)c3)C=CCC=C1C#N)CC(C)C=C2. The van der Waals surface area contributed by atoms with Crippen molar-refractivity contribution in [2.75, 3.05) is 0 Å². The Balaban J connectivity index is 1.39. The zero-order chi connectivity index (χ0) is 36.6. The van der Waals surface area contributed by atoms with Crippen LogP contribution >= 0.6 is 0 Å². The second kappa shape index (κ2) is 13.5. The lowest BCUT2D eigenvalue weighted by molar-refractivity contribution is 0.689. The fraction of sp³-hybridized carbons (Fsp3) is 0.104. The Hall–Kier alpha value is -7.13. The zero-order valence-electron chi connectivity index (χ0n) is 29.6. The molecule has 1 unspecified atom stereocenters. The molecule has 252 valence electrons. The van der Waals surface area contributed by atoms with E-state index in [9.17, 15) is 15.8 Å². The highest BCUT2D eigenvalue weighted by Crippen LogP contribution is 2.43. The van der Waals surface area contributed by atoms with Crippen LogP contribution in [0.25, 0.3) is 68.1 Å². The van der Waals surface area contributed by atoms with E-state index < -0.39 is 0 Å². The van der Waals surface area contributed by atoms with E-state index in [0.717, 1.165) is 84.4 Å². The average Bonchev–Trinajstić information content (AvgIpc) is 3.58. The van der Waals surface area contributed by atoms with Crippen LogP contribution in [0.3, 0.4) is 0 Å². The Morgan fingerprint density at radius 1 is 0.830 bits per heavy atom. The van der Waals surface area contributed by atoms with Gasteiger partial charge in [0.05, 0.1) is 45.7 Å². The van der Waals surface area contributed by atoms with Crippen LogP contribution in [-0.2, 0) is 6.42 Å². The summed E-state index contributed by atoms with van der Waals surface area (Å²) in [6.45, 7) is 8.27. The van der Waals surface area contributed by atoms with Gasteiger partial charge in [0.1, 0.15) is 6.07 Å². The maximum Gasteiger partial charge on any atom is 0.101 e. The smallest absolute Gasteiger partial charge is 0.101 e. The highest BCUT2D eigenvalue weighted by molar-refractivity contribution is 6.10. The lowest BCUT2D eigenvalue weighted by Crippen LogP contribution is -2.12. The summed E-state index contributed by atoms with van der Waals surface area (Å²) in [5.41, 5.74) is 13.7. The number of para-hydroxylation sites is 1. The maximum atomic E-state index is 10.7. The Kier molecular flexibility index (Phi) is 8.44. The predicted molar refractivity (Wildman–Crippen MR) is 217 cm³/mol. The molecule has 0 aliphatic heterocycles. The quantitative estimate of drug-likeness (QED) is 0.164. The standard InChI is InChI=1S/C48H35N5/c1-4-44-42(24-32(3)28-49)40-22-20-31(2)25-47(40)53(44)48-35(30-51)12-5-6-18-41(48)38-16-8-7-15-37(38)34-13-11-14-36(27-34)52-45-19-10-9-17-39(45)43-26-33(29-50)21-23-46(43)52/h4,6-24,26-27,31H,1,5,25H2,2-3H3/b32-24+. The minimum Gasteiger partial charge on any atom is -0.311 e. The first-order valence-corrected chi connectivity index (χ1v) is 17.8. The van der Waals surface area contributed by atoms with E-state index in [-0.39, 0.29) is 0 Å². The van der Waals surface area contributed by atoms with Crippen molar-refractivity contribution in [3.8, 4) is 35.0 Å². The van der Waals surface area contributed by atoms with Crippen LogP contribution in [0.15, 0.2) is 133 Å². The second-order valence-corrected chi connectivity index (χ2v) is 13.6. The number of fused-ring (bicyclic) bond motifs is 4. The summed E-state index contributed by atoms with van der Waals surface area (Å²) in [4.78, 5) is 0. The van der Waals surface area contributed by atoms with Gasteiger partial charge in [-0.15, -0.1) is 0 Å². The molecule has 0 spiro atoms. The third-order valence-corrected chi connectivity index (χ3v) is 10.3. The number of aromatic nitrogens is 2. The summed E-state index contributed by atoms with van der Waals surface area (Å²) >= 11 is 0. The molecule has 0 saturated carbocycles. The van der Waals surface area contributed by atoms with E-state index in [1.54, 1.807) is 0 Å². The Labute approximate surface area is 309 Å². The van der Waals surface area contributed by atoms with Crippen LogP contribution in [0.1, 0.15) is 53.9 Å². The van der Waals surface area contributed by atoms with Gasteiger partial charge in [0.25, 0.3) is 0 Å². The molecule has 5 heteroatoms. The van der Waals surface area contributed by atoms with Crippen molar-refractivity contribution in [1.82, 2.24) is 9.13 Å². The van der Waals surface area contributed by atoms with Crippen molar-refractivity contribution in [3.63, 3.8) is 0 Å². The molecule has 2 aliphatic carbocycles. The van der Waals surface area contributed by atoms with E-state index in [0.29, 0.717) is 29.0 Å². The lowest BCUT2D eigenvalue weighted by Gasteiger charge is -2.23. The summed E-state index contributed by atoms with van der Waals surface area (Å²) < 4.78 is 4.49. The molecule has 0 amide bonds. The first-order chi connectivity index (χ1) is 25.9. The Morgan fingerprint density at radius 2 is 1.62 bits per heavy atom. The van der Waals surface area contributed by atoms with Gasteiger partial charge in [0, 0.05) is 44.4 Å². The van der Waals surface area contributed by atoms with Gasteiger partial charge in [-0.05, 0) is 90.9 Å². The molecule has 2 aromatic heterocycles. The molecule has 0 bridgehead atoms. The number of nitrogens with zero attached hydrogens (tertiary/aromatic N) is 5. The minimum atomic E-state index is 0.296. The van der Waals surface area contributed by atoms with Gasteiger partial charge in [-0.3, -0.25) is 0 Å². The minimum absolute atomic E-state index is 0.296. The molecule has 6 aromatic rings. The molecule has 8 rings (SSSR count). The van der Waals surface area contributed by atoms with E-state index >= 15 is 0 Å². The third kappa shape index (κ3) is 5.55. The number of hydrogen-bond donors (Lipinski definition) is 0. The van der Waals surface area contributed by atoms with Crippen LogP contribution in [0.5, 0.6) is 0 Å². The highest BCUT2D eigenvalue weighted by Gasteiger charge is 2.28. The van der Waals surface area contributed by atoms with Crippen LogP contribution in [-0.4, -0.2) is 9.13 Å². The van der Waals surface area contributed by atoms with E-state index in [1.807, 2.05) is 55.5 Å². The average molecular weight is 682 g/mol. The normalized spacial score (nSPS) is 15.4. The molecule has 0 N–H and O–H groups in total. The second-order valence-electron chi connectivity index (χ2n) is 13.6. The summed E-state index contributed by atoms with van der Waals surface area (Å²) in [5, 5.41) is 32.3. The van der Waals surface area contributed by atoms with Crippen molar-refractivity contribution in [2.24, 2.45) is 5.92 Å². The molecule has 0 saturated heterocycles. The lowest BCUT2D eigenvalue weighted by atomic mass is 9.91. The zero-order valence-corrected chi connectivity index (χ0v) is 29.6. The molecule has 2 heterocycles. The van der Waals surface area contributed by atoms with Crippen molar-refractivity contribution >= 4 is 51.3 Å².